The second-order valence-electron chi connectivity index (χ2n) is 16.1. The average molecular weight is 797 g/mol. The number of imide groups is 1. The number of ketones is 2. The van der Waals surface area contributed by atoms with Crippen LogP contribution < -0.4 is 14.5 Å². The van der Waals surface area contributed by atoms with Crippen LogP contribution in [0.1, 0.15) is 35.4 Å². The number of hydrogen-bond acceptors (Lipinski definition) is 9. The number of nitrogens with zero attached hydrogens (tertiary/aromatic N) is 4. The molecule has 1 aliphatic heterocycles. The standard InChI is InChI=1S/C50H44N4O6/c1-53(2)36-19-15-34(16-20-36)51-52-35-17-21-37(22-18-35)54-48(58)40-26-25-39-42(45(40)49(54)59)29-43-47(57)41(31-9-5-3-6-10-31)30-44(56)50(43,33-11-7-4-8-12-33)46(39)32-13-23-38(24-14-32)60-28-27-55/h3-25,30,40,42-43,45-46,55H,26-29H2,1-2H3. The molecule has 4 aliphatic rings. The lowest BCUT2D eigenvalue weighted by Crippen LogP contribution is -2.58. The van der Waals surface area contributed by atoms with Crippen LogP contribution >= 0.6 is 0 Å². The minimum Gasteiger partial charge on any atom is -0.491 e. The van der Waals surface area contributed by atoms with Gasteiger partial charge in [0.05, 0.1) is 40.9 Å². The van der Waals surface area contributed by atoms with Gasteiger partial charge in [0.2, 0.25) is 11.8 Å². The number of allylic oxidation sites excluding steroid dienone is 4. The van der Waals surface area contributed by atoms with Crippen molar-refractivity contribution in [2.24, 2.45) is 33.9 Å². The van der Waals surface area contributed by atoms with Crippen LogP contribution in [0.4, 0.5) is 22.7 Å². The average Bonchev–Trinajstić information content (AvgIpc) is 3.55. The van der Waals surface area contributed by atoms with Gasteiger partial charge in [0.25, 0.3) is 0 Å². The quantitative estimate of drug-likeness (QED) is 0.0852. The monoisotopic (exact) mass is 796 g/mol. The molecule has 0 spiro atoms. The van der Waals surface area contributed by atoms with Gasteiger partial charge in [-0.25, -0.2) is 0 Å². The van der Waals surface area contributed by atoms with E-state index in [0.29, 0.717) is 40.4 Å². The first-order chi connectivity index (χ1) is 29.2. The number of aliphatic hydroxyl groups is 1. The zero-order valence-corrected chi connectivity index (χ0v) is 33.3. The third-order valence-corrected chi connectivity index (χ3v) is 12.7. The molecule has 5 aromatic rings. The molecule has 0 radical (unpaired) electrons. The number of azo groups is 1. The number of benzene rings is 5. The normalized spacial score (nSPS) is 24.7. The molecule has 60 heavy (non-hydrogen) atoms. The molecule has 10 heteroatoms. The Balaban J connectivity index is 1.11. The maximum absolute atomic E-state index is 15.3. The van der Waals surface area contributed by atoms with E-state index in [1.54, 1.807) is 24.3 Å². The Kier molecular flexibility index (Phi) is 10.2. The van der Waals surface area contributed by atoms with Crippen LogP contribution in [0.15, 0.2) is 161 Å². The van der Waals surface area contributed by atoms with Gasteiger partial charge >= 0.3 is 0 Å². The van der Waals surface area contributed by atoms with Gasteiger partial charge < -0.3 is 14.7 Å². The van der Waals surface area contributed by atoms with Gasteiger partial charge in [0.15, 0.2) is 11.6 Å². The molecular formula is C50H44N4O6. The Hall–Kier alpha value is -6.78. The number of carbonyl (C=O) groups is 4. The van der Waals surface area contributed by atoms with Crippen LogP contribution in [0.25, 0.3) is 5.57 Å². The summed E-state index contributed by atoms with van der Waals surface area (Å²) in [5.41, 5.74) is 4.83. The SMILES string of the molecule is CN(C)c1ccc(N=Nc2ccc(N3C(=O)C4CC=C5C(CC6C(=O)C(c7ccccc7)=CC(=O)C6(c6ccccc6)C5c5ccc(OCCO)cc5)C4C3=O)cc2)cc1. The second-order valence-corrected chi connectivity index (χ2v) is 16.1. The van der Waals surface area contributed by atoms with Gasteiger partial charge in [0, 0.05) is 37.2 Å². The van der Waals surface area contributed by atoms with Crippen molar-refractivity contribution in [3.05, 3.63) is 168 Å². The Bertz CT molecular complexity index is 2550. The zero-order valence-electron chi connectivity index (χ0n) is 33.3. The predicted octanol–water partition coefficient (Wildman–Crippen LogP) is 8.57. The van der Waals surface area contributed by atoms with Crippen molar-refractivity contribution >= 4 is 51.7 Å². The molecule has 10 nitrogen and oxygen atoms in total. The van der Waals surface area contributed by atoms with Crippen LogP contribution in [0.2, 0.25) is 0 Å². The topological polar surface area (TPSA) is 129 Å². The Morgan fingerprint density at radius 2 is 1.38 bits per heavy atom. The fraction of sp³-hybridized carbons (Fsp3) is 0.240. The van der Waals surface area contributed by atoms with Crippen molar-refractivity contribution in [3.63, 3.8) is 0 Å². The maximum Gasteiger partial charge on any atom is 0.238 e. The number of aliphatic hydroxyl groups excluding tert-OH is 1. The Labute approximate surface area is 348 Å². The molecule has 3 aliphatic carbocycles. The summed E-state index contributed by atoms with van der Waals surface area (Å²) in [4.78, 5) is 62.9. The summed E-state index contributed by atoms with van der Waals surface area (Å²) in [7, 11) is 3.94. The van der Waals surface area contributed by atoms with Gasteiger partial charge in [-0.2, -0.15) is 10.2 Å². The van der Waals surface area contributed by atoms with Gasteiger partial charge in [-0.15, -0.1) is 0 Å². The highest BCUT2D eigenvalue weighted by molar-refractivity contribution is 6.32. The number of ether oxygens (including phenoxy) is 1. The van der Waals surface area contributed by atoms with Gasteiger partial charge in [0.1, 0.15) is 12.4 Å². The number of Topliss-reactive ketones (excluding diaryl/α,β-unsaturated/α-hetero) is 1. The Morgan fingerprint density at radius 1 is 0.750 bits per heavy atom. The highest BCUT2D eigenvalue weighted by atomic mass is 16.5. The van der Waals surface area contributed by atoms with Crippen LogP contribution in [0.3, 0.4) is 0 Å². The third kappa shape index (κ3) is 6.48. The van der Waals surface area contributed by atoms with Crippen LogP contribution in [-0.4, -0.2) is 55.8 Å². The predicted molar refractivity (Wildman–Crippen MR) is 229 cm³/mol. The molecule has 1 saturated carbocycles. The first-order valence-electron chi connectivity index (χ1n) is 20.3. The summed E-state index contributed by atoms with van der Waals surface area (Å²) in [6.07, 6.45) is 4.11. The van der Waals surface area contributed by atoms with Gasteiger partial charge in [-0.05, 0) is 102 Å². The molecule has 5 aromatic carbocycles. The van der Waals surface area contributed by atoms with E-state index in [1.165, 1.54) is 11.0 Å². The Morgan fingerprint density at radius 3 is 2.02 bits per heavy atom. The minimum atomic E-state index is -1.33. The number of anilines is 2. The summed E-state index contributed by atoms with van der Waals surface area (Å²) < 4.78 is 5.71. The largest absolute Gasteiger partial charge is 0.491 e. The molecule has 2 fully saturated rings. The number of hydrogen-bond donors (Lipinski definition) is 1. The summed E-state index contributed by atoms with van der Waals surface area (Å²) in [6, 6.07) is 40.8. The van der Waals surface area contributed by atoms with E-state index >= 15 is 9.59 Å². The fourth-order valence-corrected chi connectivity index (χ4v) is 10.0. The molecule has 9 rings (SSSR count). The van der Waals surface area contributed by atoms with E-state index in [-0.39, 0.29) is 43.0 Å². The fourth-order valence-electron chi connectivity index (χ4n) is 10.0. The van der Waals surface area contributed by atoms with E-state index in [2.05, 4.69) is 16.3 Å². The van der Waals surface area contributed by atoms with Gasteiger partial charge in [-0.1, -0.05) is 84.4 Å². The molecule has 300 valence electrons. The van der Waals surface area contributed by atoms with Crippen molar-refractivity contribution in [2.75, 3.05) is 37.1 Å². The summed E-state index contributed by atoms with van der Waals surface area (Å²) in [6.45, 7) is -0.0151. The number of carbonyl (C=O) groups excluding carboxylic acids is 4. The third-order valence-electron chi connectivity index (χ3n) is 12.7. The highest BCUT2D eigenvalue weighted by Gasteiger charge is 2.66. The molecule has 1 N–H and O–H groups in total. The van der Waals surface area contributed by atoms with E-state index in [4.69, 9.17) is 4.74 Å². The highest BCUT2D eigenvalue weighted by Crippen LogP contribution is 2.63. The molecule has 2 amide bonds. The first kappa shape index (κ1) is 38.7. The second kappa shape index (κ2) is 15.8. The van der Waals surface area contributed by atoms with Crippen molar-refractivity contribution in [1.82, 2.24) is 0 Å². The number of rotatable bonds is 10. The van der Waals surface area contributed by atoms with Crippen LogP contribution in [0.5, 0.6) is 5.75 Å². The van der Waals surface area contributed by atoms with Crippen molar-refractivity contribution in [3.8, 4) is 5.75 Å². The number of fused-ring (bicyclic) bond motifs is 4. The number of amides is 2. The maximum atomic E-state index is 15.3. The van der Waals surface area contributed by atoms with E-state index in [9.17, 15) is 14.7 Å². The molecule has 1 heterocycles. The molecule has 6 atom stereocenters. The molecule has 6 unspecified atom stereocenters. The molecule has 0 bridgehead atoms. The lowest BCUT2D eigenvalue weighted by molar-refractivity contribution is -0.135. The van der Waals surface area contributed by atoms with E-state index < -0.39 is 35.0 Å². The first-order valence-corrected chi connectivity index (χ1v) is 20.3. The molecule has 1 saturated heterocycles. The van der Waals surface area contributed by atoms with Crippen LogP contribution in [-0.2, 0) is 24.6 Å². The van der Waals surface area contributed by atoms with Crippen LogP contribution in [0, 0.1) is 23.7 Å². The summed E-state index contributed by atoms with van der Waals surface area (Å²) >= 11 is 0. The van der Waals surface area contributed by atoms with Crippen molar-refractivity contribution < 1.29 is 29.0 Å². The lowest BCUT2D eigenvalue weighted by atomic mass is 9.44. The molecule has 0 aromatic heterocycles. The van der Waals surface area contributed by atoms with Gasteiger partial charge in [-0.3, -0.25) is 24.1 Å². The minimum absolute atomic E-state index is 0.125. The lowest BCUT2D eigenvalue weighted by Gasteiger charge is -2.55. The smallest absolute Gasteiger partial charge is 0.238 e. The van der Waals surface area contributed by atoms with E-state index in [0.717, 1.165) is 22.4 Å². The van der Waals surface area contributed by atoms with Crippen molar-refractivity contribution in [1.29, 1.82) is 0 Å². The summed E-state index contributed by atoms with van der Waals surface area (Å²) in [5.74, 6) is -3.73. The zero-order chi connectivity index (χ0) is 41.5. The van der Waals surface area contributed by atoms with Crippen molar-refractivity contribution in [2.45, 2.75) is 24.2 Å². The molecular weight excluding hydrogens is 753 g/mol. The van der Waals surface area contributed by atoms with E-state index in [1.807, 2.05) is 128 Å². The summed E-state index contributed by atoms with van der Waals surface area (Å²) in [5, 5.41) is 18.1.